The molecule has 0 aliphatic heterocycles. The molecule has 4 rings (SSSR count). The molecule has 0 radical (unpaired) electrons. The van der Waals surface area contributed by atoms with Gasteiger partial charge in [0, 0.05) is 32.8 Å². The maximum absolute atomic E-state index is 13.3. The zero-order valence-electron chi connectivity index (χ0n) is 14.7. The third-order valence-electron chi connectivity index (χ3n) is 4.48. The number of amides is 1. The molecule has 140 valence electrons. The summed E-state index contributed by atoms with van der Waals surface area (Å²) in [5.41, 5.74) is 0.597. The lowest BCUT2D eigenvalue weighted by Gasteiger charge is -2.11. The molecule has 2 atom stereocenters. The molecule has 0 spiro atoms. The molecule has 1 amide bonds. The van der Waals surface area contributed by atoms with E-state index in [1.54, 1.807) is 31.4 Å². The average Bonchev–Trinajstić information content (AvgIpc) is 3.24. The molecule has 10 heteroatoms. The largest absolute Gasteiger partial charge is 0.373 e. The number of hydrogen-bond acceptors (Lipinski definition) is 6. The monoisotopic (exact) mass is 371 g/mol. The summed E-state index contributed by atoms with van der Waals surface area (Å²) in [5.74, 6) is 0.626. The maximum atomic E-state index is 13.3. The minimum Gasteiger partial charge on any atom is -0.373 e. The summed E-state index contributed by atoms with van der Waals surface area (Å²) in [5, 5.41) is 12.7. The number of alkyl halides is 1. The van der Waals surface area contributed by atoms with Gasteiger partial charge in [0.05, 0.1) is 12.2 Å². The lowest BCUT2D eigenvalue weighted by molar-refractivity contribution is 0.0964. The van der Waals surface area contributed by atoms with Crippen LogP contribution in [0.1, 0.15) is 22.8 Å². The third-order valence-corrected chi connectivity index (χ3v) is 4.48. The number of pyridine rings is 1. The van der Waals surface area contributed by atoms with Gasteiger partial charge >= 0.3 is 0 Å². The predicted molar refractivity (Wildman–Crippen MR) is 98.5 cm³/mol. The third kappa shape index (κ3) is 2.88. The van der Waals surface area contributed by atoms with Gasteiger partial charge in [-0.15, -0.1) is 0 Å². The van der Waals surface area contributed by atoms with Crippen LogP contribution in [0.15, 0.2) is 35.4 Å². The Morgan fingerprint density at radius 3 is 2.81 bits per heavy atom. The summed E-state index contributed by atoms with van der Waals surface area (Å²) in [4.78, 5) is 29.1. The molecular formula is C17H18FN7O2. The highest BCUT2D eigenvalue weighted by Crippen LogP contribution is 2.37. The Kier molecular flexibility index (Phi) is 4.02. The van der Waals surface area contributed by atoms with Crippen molar-refractivity contribution in [3.63, 3.8) is 0 Å². The molecule has 1 aliphatic carbocycles. The van der Waals surface area contributed by atoms with Crippen LogP contribution in [-0.4, -0.2) is 45.3 Å². The molecule has 0 aromatic carbocycles. The summed E-state index contributed by atoms with van der Waals surface area (Å²) >= 11 is 0. The van der Waals surface area contributed by atoms with Crippen molar-refractivity contribution in [1.82, 2.24) is 24.5 Å². The first kappa shape index (κ1) is 17.0. The van der Waals surface area contributed by atoms with E-state index in [-0.39, 0.29) is 17.2 Å². The molecule has 1 saturated carbocycles. The van der Waals surface area contributed by atoms with Crippen molar-refractivity contribution < 1.29 is 9.18 Å². The minimum atomic E-state index is -0.981. The van der Waals surface area contributed by atoms with Gasteiger partial charge in [-0.1, -0.05) is 0 Å². The van der Waals surface area contributed by atoms with Crippen LogP contribution < -0.4 is 21.5 Å². The lowest BCUT2D eigenvalue weighted by Crippen LogP contribution is -2.22. The van der Waals surface area contributed by atoms with Crippen molar-refractivity contribution in [2.24, 2.45) is 0 Å². The number of carbonyl (C=O) groups is 1. The van der Waals surface area contributed by atoms with Gasteiger partial charge in [-0.25, -0.2) is 9.37 Å². The number of halogens is 1. The molecule has 0 bridgehead atoms. The van der Waals surface area contributed by atoms with E-state index in [1.165, 1.54) is 22.3 Å². The van der Waals surface area contributed by atoms with Crippen molar-refractivity contribution in [2.45, 2.75) is 18.6 Å². The van der Waals surface area contributed by atoms with Crippen molar-refractivity contribution in [3.8, 4) is 0 Å². The SMILES string of the molecule is CNC(=O)c1cnn2c(NC)cc(Nc3cccn([C@@H]4C[C@H]4F)c3=O)nc12. The van der Waals surface area contributed by atoms with Gasteiger partial charge in [-0.05, 0) is 12.1 Å². The van der Waals surface area contributed by atoms with Gasteiger partial charge in [0.2, 0.25) is 0 Å². The molecule has 27 heavy (non-hydrogen) atoms. The van der Waals surface area contributed by atoms with Crippen LogP contribution in [0.4, 0.5) is 21.7 Å². The van der Waals surface area contributed by atoms with Crippen LogP contribution in [0.2, 0.25) is 0 Å². The van der Waals surface area contributed by atoms with Gasteiger partial charge in [-0.2, -0.15) is 9.61 Å². The van der Waals surface area contributed by atoms with Gasteiger partial charge in [0.15, 0.2) is 5.65 Å². The Morgan fingerprint density at radius 2 is 2.15 bits per heavy atom. The van der Waals surface area contributed by atoms with Gasteiger partial charge < -0.3 is 20.5 Å². The second-order valence-electron chi connectivity index (χ2n) is 6.23. The number of nitrogens with one attached hydrogen (secondary N) is 3. The second-order valence-corrected chi connectivity index (χ2v) is 6.23. The van der Waals surface area contributed by atoms with Crippen LogP contribution in [0.5, 0.6) is 0 Å². The molecular weight excluding hydrogens is 353 g/mol. The molecule has 1 fully saturated rings. The number of nitrogens with zero attached hydrogens (tertiary/aromatic N) is 4. The van der Waals surface area contributed by atoms with E-state index in [0.29, 0.717) is 29.3 Å². The van der Waals surface area contributed by atoms with Gasteiger partial charge in [-0.3, -0.25) is 9.59 Å². The van der Waals surface area contributed by atoms with E-state index < -0.39 is 12.2 Å². The first-order valence-electron chi connectivity index (χ1n) is 8.44. The van der Waals surface area contributed by atoms with Gasteiger partial charge in [0.1, 0.15) is 29.1 Å². The Hall–Kier alpha value is -3.43. The summed E-state index contributed by atoms with van der Waals surface area (Å²) in [7, 11) is 3.24. The van der Waals surface area contributed by atoms with E-state index >= 15 is 0 Å². The van der Waals surface area contributed by atoms with Crippen molar-refractivity contribution in [2.75, 3.05) is 24.7 Å². The van der Waals surface area contributed by atoms with E-state index in [1.807, 2.05) is 0 Å². The van der Waals surface area contributed by atoms with E-state index in [2.05, 4.69) is 26.0 Å². The zero-order chi connectivity index (χ0) is 19.1. The van der Waals surface area contributed by atoms with Crippen molar-refractivity contribution >= 4 is 28.9 Å². The normalized spacial score (nSPS) is 18.3. The Bertz CT molecular complexity index is 1090. The van der Waals surface area contributed by atoms with Crippen LogP contribution in [0.3, 0.4) is 0 Å². The van der Waals surface area contributed by atoms with E-state index in [4.69, 9.17) is 0 Å². The van der Waals surface area contributed by atoms with E-state index in [0.717, 1.165) is 0 Å². The second kappa shape index (κ2) is 6.38. The first-order chi connectivity index (χ1) is 13.0. The van der Waals surface area contributed by atoms with Crippen LogP contribution in [-0.2, 0) is 0 Å². The quantitative estimate of drug-likeness (QED) is 0.625. The average molecular weight is 371 g/mol. The predicted octanol–water partition coefficient (Wildman–Crippen LogP) is 1.32. The zero-order valence-corrected chi connectivity index (χ0v) is 14.7. The number of carbonyl (C=O) groups excluding carboxylic acids is 1. The summed E-state index contributed by atoms with van der Waals surface area (Å²) in [6.07, 6.45) is 2.37. The molecule has 1 aliphatic rings. The number of fused-ring (bicyclic) bond motifs is 1. The molecule has 9 nitrogen and oxygen atoms in total. The smallest absolute Gasteiger partial charge is 0.274 e. The summed E-state index contributed by atoms with van der Waals surface area (Å²) in [6, 6.07) is 4.55. The Balaban J connectivity index is 1.76. The Morgan fingerprint density at radius 1 is 1.37 bits per heavy atom. The highest BCUT2D eigenvalue weighted by atomic mass is 19.1. The van der Waals surface area contributed by atoms with Gasteiger partial charge in [0.25, 0.3) is 11.5 Å². The molecule has 3 aromatic rings. The molecule has 0 saturated heterocycles. The fourth-order valence-corrected chi connectivity index (χ4v) is 2.94. The fraction of sp³-hybridized carbons (Fsp3) is 0.294. The number of aromatic nitrogens is 4. The first-order valence-corrected chi connectivity index (χ1v) is 8.44. The van der Waals surface area contributed by atoms with Crippen molar-refractivity contribution in [1.29, 1.82) is 0 Å². The minimum absolute atomic E-state index is 0.275. The molecule has 3 N–H and O–H groups in total. The van der Waals surface area contributed by atoms with Crippen LogP contribution >= 0.6 is 0 Å². The number of hydrogen-bond donors (Lipinski definition) is 3. The molecule has 3 heterocycles. The number of rotatable bonds is 5. The van der Waals surface area contributed by atoms with E-state index in [9.17, 15) is 14.0 Å². The summed E-state index contributed by atoms with van der Waals surface area (Å²) < 4.78 is 16.2. The topological polar surface area (TPSA) is 105 Å². The van der Waals surface area contributed by atoms with Crippen molar-refractivity contribution in [3.05, 3.63) is 46.5 Å². The standard InChI is InChI=1S/C17H18FN7O2/c1-19-14-7-13(23-15-9(16(26)20-2)8-21-25(14)15)22-11-4-3-5-24(17(11)27)12-6-10(12)18/h3-5,7-8,10,12,19H,6H2,1-2H3,(H,20,26)(H,22,23)/t10-,12-/m1/s1. The Labute approximate surface area is 153 Å². The van der Waals surface area contributed by atoms with Crippen LogP contribution in [0, 0.1) is 0 Å². The van der Waals surface area contributed by atoms with Crippen LogP contribution in [0.25, 0.3) is 5.65 Å². The number of anilines is 3. The maximum Gasteiger partial charge on any atom is 0.274 e. The lowest BCUT2D eigenvalue weighted by atomic mass is 10.3. The molecule has 0 unspecified atom stereocenters. The summed E-state index contributed by atoms with van der Waals surface area (Å²) in [6.45, 7) is 0. The fourth-order valence-electron chi connectivity index (χ4n) is 2.94. The highest BCUT2D eigenvalue weighted by Gasteiger charge is 2.39. The molecule has 3 aromatic heterocycles. The highest BCUT2D eigenvalue weighted by molar-refractivity contribution is 5.99.